The predicted octanol–water partition coefficient (Wildman–Crippen LogP) is 5.08. The first-order chi connectivity index (χ1) is 16.2. The number of carbonyl (C=O) groups is 2. The summed E-state index contributed by atoms with van der Waals surface area (Å²) in [7, 11) is 0. The third-order valence-electron chi connectivity index (χ3n) is 5.43. The molecule has 4 heterocycles. The fourth-order valence-corrected chi connectivity index (χ4v) is 4.82. The maximum atomic E-state index is 13.0. The maximum absolute atomic E-state index is 13.0. The molecule has 3 aromatic heterocycles. The van der Waals surface area contributed by atoms with E-state index >= 15 is 0 Å². The molecule has 0 unspecified atom stereocenters. The fraction of sp³-hybridized carbons (Fsp3) is 0.360. The molecule has 1 aliphatic rings. The zero-order valence-corrected chi connectivity index (χ0v) is 20.4. The Hall–Kier alpha value is -3.46. The molecular weight excluding hydrogens is 450 g/mol. The second kappa shape index (κ2) is 9.80. The molecule has 0 spiro atoms. The Morgan fingerprint density at radius 2 is 2.12 bits per heavy atom. The monoisotopic (exact) mass is 479 g/mol. The highest BCUT2D eigenvalue weighted by molar-refractivity contribution is 7.17. The van der Waals surface area contributed by atoms with Gasteiger partial charge in [0.05, 0.1) is 27.8 Å². The van der Waals surface area contributed by atoms with Gasteiger partial charge in [-0.3, -0.25) is 9.78 Å². The van der Waals surface area contributed by atoms with Crippen molar-refractivity contribution in [3.63, 3.8) is 0 Å². The Morgan fingerprint density at radius 1 is 1.29 bits per heavy atom. The van der Waals surface area contributed by atoms with Gasteiger partial charge in [-0.05, 0) is 51.8 Å². The van der Waals surface area contributed by atoms with E-state index in [2.05, 4.69) is 32.1 Å². The molecule has 0 radical (unpaired) electrons. The predicted molar refractivity (Wildman–Crippen MR) is 137 cm³/mol. The number of hydrogen-bond acceptors (Lipinski definition) is 7. The summed E-state index contributed by atoms with van der Waals surface area (Å²) in [5.41, 5.74) is 2.91. The van der Waals surface area contributed by atoms with Gasteiger partial charge in [0.2, 0.25) is 0 Å². The molecule has 34 heavy (non-hydrogen) atoms. The minimum atomic E-state index is -0.548. The van der Waals surface area contributed by atoms with E-state index in [0.29, 0.717) is 17.9 Å². The molecule has 2 amide bonds. The number of carbonyl (C=O) groups excluding carboxylic acids is 2. The van der Waals surface area contributed by atoms with Crippen LogP contribution in [0.15, 0.2) is 42.6 Å². The molecule has 4 rings (SSSR count). The van der Waals surface area contributed by atoms with E-state index < -0.39 is 11.7 Å². The Bertz CT molecular complexity index is 1220. The van der Waals surface area contributed by atoms with Crippen molar-refractivity contribution in [2.24, 2.45) is 0 Å². The van der Waals surface area contributed by atoms with Crippen molar-refractivity contribution in [2.45, 2.75) is 45.3 Å². The summed E-state index contributed by atoms with van der Waals surface area (Å²) in [4.78, 5) is 36.2. The minimum absolute atomic E-state index is 0.0553. The molecule has 3 aromatic rings. The average Bonchev–Trinajstić information content (AvgIpc) is 3.20. The zero-order valence-electron chi connectivity index (χ0n) is 19.6. The lowest BCUT2D eigenvalue weighted by Crippen LogP contribution is -2.49. The largest absolute Gasteiger partial charge is 0.444 e. The number of anilines is 2. The third kappa shape index (κ3) is 5.53. The first-order valence-corrected chi connectivity index (χ1v) is 12.1. The van der Waals surface area contributed by atoms with E-state index in [1.807, 2.05) is 38.3 Å². The van der Waals surface area contributed by atoms with Gasteiger partial charge in [0.25, 0.3) is 5.91 Å². The summed E-state index contributed by atoms with van der Waals surface area (Å²) < 4.78 is 6.40. The number of thiophene rings is 1. The molecule has 0 bridgehead atoms. The molecule has 0 aliphatic carbocycles. The Balaban J connectivity index is 1.49. The van der Waals surface area contributed by atoms with Gasteiger partial charge in [0.15, 0.2) is 0 Å². The van der Waals surface area contributed by atoms with Crippen LogP contribution < -0.4 is 15.5 Å². The van der Waals surface area contributed by atoms with Crippen LogP contribution in [0.25, 0.3) is 16.3 Å². The maximum Gasteiger partial charge on any atom is 0.407 e. The van der Waals surface area contributed by atoms with Crippen LogP contribution in [0.4, 0.5) is 16.2 Å². The van der Waals surface area contributed by atoms with Crippen LogP contribution in [0, 0.1) is 0 Å². The van der Waals surface area contributed by atoms with Gasteiger partial charge in [0.1, 0.15) is 11.3 Å². The van der Waals surface area contributed by atoms with E-state index in [4.69, 9.17) is 4.74 Å². The number of hydrogen-bond donors (Lipinski definition) is 2. The quantitative estimate of drug-likeness (QED) is 0.530. The number of rotatable bonds is 5. The minimum Gasteiger partial charge on any atom is -0.444 e. The lowest BCUT2D eigenvalue weighted by atomic mass is 10.0. The van der Waals surface area contributed by atoms with Gasteiger partial charge in [-0.25, -0.2) is 9.78 Å². The SMILES string of the molecule is C=Cc1csc2ccc(C(=O)Nc3cnccc3N3CCC[C@H](NC(=O)OC(C)(C)C)C3)nc12. The molecule has 1 fully saturated rings. The van der Waals surface area contributed by atoms with Crippen molar-refractivity contribution in [3.05, 3.63) is 53.8 Å². The number of fused-ring (bicyclic) bond motifs is 1. The van der Waals surface area contributed by atoms with Gasteiger partial charge in [-0.2, -0.15) is 0 Å². The van der Waals surface area contributed by atoms with Crippen LogP contribution in [0.5, 0.6) is 0 Å². The molecule has 1 saturated heterocycles. The molecule has 1 aliphatic heterocycles. The summed E-state index contributed by atoms with van der Waals surface area (Å²) in [5.74, 6) is -0.308. The summed E-state index contributed by atoms with van der Waals surface area (Å²) in [6.07, 6.45) is 6.41. The number of nitrogens with zero attached hydrogens (tertiary/aromatic N) is 3. The van der Waals surface area contributed by atoms with Gasteiger partial charge < -0.3 is 20.3 Å². The van der Waals surface area contributed by atoms with Crippen LogP contribution in [0.1, 0.15) is 49.7 Å². The first-order valence-electron chi connectivity index (χ1n) is 11.2. The third-order valence-corrected chi connectivity index (χ3v) is 6.38. The van der Waals surface area contributed by atoms with E-state index in [0.717, 1.165) is 40.9 Å². The van der Waals surface area contributed by atoms with Gasteiger partial charge >= 0.3 is 6.09 Å². The number of amides is 2. The topological polar surface area (TPSA) is 96.5 Å². The number of ether oxygens (including phenoxy) is 1. The van der Waals surface area contributed by atoms with Crippen LogP contribution in [-0.2, 0) is 4.74 Å². The normalized spacial score (nSPS) is 16.2. The smallest absolute Gasteiger partial charge is 0.407 e. The Labute approximate surface area is 203 Å². The van der Waals surface area contributed by atoms with E-state index in [1.54, 1.807) is 35.9 Å². The Kier molecular flexibility index (Phi) is 6.83. The summed E-state index contributed by atoms with van der Waals surface area (Å²) in [6.45, 7) is 10.8. The average molecular weight is 480 g/mol. The number of piperidine rings is 1. The van der Waals surface area contributed by atoms with Crippen LogP contribution >= 0.6 is 11.3 Å². The molecule has 178 valence electrons. The summed E-state index contributed by atoms with van der Waals surface area (Å²) >= 11 is 1.57. The lowest BCUT2D eigenvalue weighted by molar-refractivity contribution is 0.0500. The molecule has 9 heteroatoms. The highest BCUT2D eigenvalue weighted by Crippen LogP contribution is 2.29. The highest BCUT2D eigenvalue weighted by atomic mass is 32.1. The van der Waals surface area contributed by atoms with Crippen molar-refractivity contribution in [1.82, 2.24) is 15.3 Å². The van der Waals surface area contributed by atoms with Crippen LogP contribution in [0.3, 0.4) is 0 Å². The Morgan fingerprint density at radius 3 is 2.88 bits per heavy atom. The van der Waals surface area contributed by atoms with Crippen molar-refractivity contribution in [2.75, 3.05) is 23.3 Å². The zero-order chi connectivity index (χ0) is 24.3. The van der Waals surface area contributed by atoms with Gasteiger partial charge in [-0.15, -0.1) is 11.3 Å². The summed E-state index contributed by atoms with van der Waals surface area (Å²) in [5, 5.41) is 7.90. The number of alkyl carbamates (subject to hydrolysis) is 1. The first kappa shape index (κ1) is 23.7. The van der Waals surface area contributed by atoms with Crippen molar-refractivity contribution < 1.29 is 14.3 Å². The van der Waals surface area contributed by atoms with Gasteiger partial charge in [-0.1, -0.05) is 12.7 Å². The summed E-state index contributed by atoms with van der Waals surface area (Å²) in [6, 6.07) is 5.44. The van der Waals surface area contributed by atoms with Crippen LogP contribution in [0.2, 0.25) is 0 Å². The lowest BCUT2D eigenvalue weighted by Gasteiger charge is -2.35. The van der Waals surface area contributed by atoms with E-state index in [-0.39, 0.29) is 11.9 Å². The molecule has 1 atom stereocenters. The van der Waals surface area contributed by atoms with Crippen molar-refractivity contribution in [1.29, 1.82) is 0 Å². The molecule has 0 saturated carbocycles. The highest BCUT2D eigenvalue weighted by Gasteiger charge is 2.26. The van der Waals surface area contributed by atoms with Gasteiger partial charge in [0, 0.05) is 36.3 Å². The number of nitrogens with one attached hydrogen (secondary N) is 2. The number of aromatic nitrogens is 2. The van der Waals surface area contributed by atoms with Crippen LogP contribution in [-0.4, -0.2) is 46.7 Å². The molecule has 0 aromatic carbocycles. The second-order valence-corrected chi connectivity index (χ2v) is 10.1. The number of pyridine rings is 2. The van der Waals surface area contributed by atoms with Crippen molar-refractivity contribution in [3.8, 4) is 0 Å². The standard InChI is InChI=1S/C25H29N5O3S/c1-5-16-15-34-21-9-8-18(28-22(16)21)23(31)29-19-13-26-11-10-20(19)30-12-6-7-17(14-30)27-24(32)33-25(2,3)4/h5,8-11,13,15,17H,1,6-7,12,14H2,2-4H3,(H,27,32)(H,29,31)/t17-/m0/s1. The van der Waals surface area contributed by atoms with E-state index in [1.165, 1.54) is 0 Å². The molecule has 8 nitrogen and oxygen atoms in total. The molecule has 2 N–H and O–H groups in total. The van der Waals surface area contributed by atoms with E-state index in [9.17, 15) is 9.59 Å². The fourth-order valence-electron chi connectivity index (χ4n) is 3.94. The second-order valence-electron chi connectivity index (χ2n) is 9.22. The molecular formula is C25H29N5O3S. The van der Waals surface area contributed by atoms with Crippen molar-refractivity contribution >= 4 is 51.0 Å².